The summed E-state index contributed by atoms with van der Waals surface area (Å²) in [6.07, 6.45) is 4.10. The molecule has 0 N–H and O–H groups in total. The van der Waals surface area contributed by atoms with E-state index in [0.29, 0.717) is 0 Å². The molecule has 0 fully saturated rings. The van der Waals surface area contributed by atoms with Crippen molar-refractivity contribution in [3.63, 3.8) is 0 Å². The van der Waals surface area contributed by atoms with E-state index in [1.807, 2.05) is 6.07 Å². The highest BCUT2D eigenvalue weighted by Crippen LogP contribution is 2.31. The van der Waals surface area contributed by atoms with Crippen molar-refractivity contribution in [3.8, 4) is 0 Å². The van der Waals surface area contributed by atoms with Crippen molar-refractivity contribution >= 4 is 36.2 Å². The number of benzene rings is 1. The summed E-state index contributed by atoms with van der Waals surface area (Å²) in [5.74, 6) is 0. The quantitative estimate of drug-likeness (QED) is 0.669. The Bertz CT molecular complexity index is 223. The second kappa shape index (κ2) is 4.24. The van der Waals surface area contributed by atoms with Crippen LogP contribution in [0, 0.1) is 0 Å². The molecule has 3 heteroatoms. The number of rotatable bonds is 2. The maximum absolute atomic E-state index is 5.25. The van der Waals surface area contributed by atoms with Crippen LogP contribution in [0.3, 0.4) is 0 Å². The van der Waals surface area contributed by atoms with Crippen molar-refractivity contribution in [1.82, 2.24) is 0 Å². The molecule has 0 nitrogen and oxygen atoms in total. The zero-order valence-corrected chi connectivity index (χ0v) is 8.91. The third-order valence-electron chi connectivity index (χ3n) is 1.38. The molecule has 11 heavy (non-hydrogen) atoms. The summed E-state index contributed by atoms with van der Waals surface area (Å²) in [6.45, 7) is 0. The third kappa shape index (κ3) is 2.04. The molecule has 0 amide bonds. The second-order valence-corrected chi connectivity index (χ2v) is 4.10. The van der Waals surface area contributed by atoms with Crippen LogP contribution in [0.2, 0.25) is 0 Å². The van der Waals surface area contributed by atoms with E-state index in [-0.39, 0.29) is 0 Å². The van der Waals surface area contributed by atoms with Gasteiger partial charge in [0.25, 0.3) is 0 Å². The Balaban J connectivity index is 3.10. The molecule has 0 aromatic heterocycles. The molecule has 0 aliphatic carbocycles. The zero-order valence-electron chi connectivity index (χ0n) is 6.46. The highest BCUT2D eigenvalue weighted by molar-refractivity contribution is 8.00. The first kappa shape index (κ1) is 9.23. The minimum Gasteiger partial charge on any atom is -0.128 e. The van der Waals surface area contributed by atoms with Gasteiger partial charge in [-0.15, -0.1) is 23.5 Å². The van der Waals surface area contributed by atoms with Crippen LogP contribution in [0.15, 0.2) is 32.9 Å². The van der Waals surface area contributed by atoms with Gasteiger partial charge in [-0.25, -0.2) is 0 Å². The first-order valence-corrected chi connectivity index (χ1v) is 6.03. The van der Waals surface area contributed by atoms with Crippen LogP contribution in [0.4, 0.5) is 0 Å². The highest BCUT2D eigenvalue weighted by Gasteiger charge is 2.02. The fourth-order valence-electron chi connectivity index (χ4n) is 0.817. The minimum atomic E-state index is 0.993. The monoisotopic (exact) mass is 201 g/mol. The van der Waals surface area contributed by atoms with E-state index in [4.69, 9.17) is 12.6 Å². The van der Waals surface area contributed by atoms with Gasteiger partial charge in [0, 0.05) is 9.79 Å². The summed E-state index contributed by atoms with van der Waals surface area (Å²) >= 11 is 8.66. The fraction of sp³-hybridized carbons (Fsp3) is 0.250. The van der Waals surface area contributed by atoms with E-state index in [2.05, 4.69) is 24.6 Å². The number of hydrogen-bond acceptors (Lipinski definition) is 2. The summed E-state index contributed by atoms with van der Waals surface area (Å²) in [5, 5.41) is 0. The van der Waals surface area contributed by atoms with Crippen molar-refractivity contribution in [2.75, 3.05) is 12.5 Å². The predicted octanol–water partition coefficient (Wildman–Crippen LogP) is 3.69. The molecule has 1 aromatic carbocycles. The van der Waals surface area contributed by atoms with Crippen LogP contribution in [-0.4, -0.2) is 12.5 Å². The largest absolute Gasteiger partial charge is 0.128 e. The lowest BCUT2D eigenvalue weighted by molar-refractivity contribution is 1.13. The lowest BCUT2D eigenvalue weighted by Crippen LogP contribution is -1.77. The van der Waals surface area contributed by atoms with E-state index in [9.17, 15) is 0 Å². The molecule has 59 valence electrons. The average molecular weight is 201 g/mol. The maximum Gasteiger partial charge on any atom is 0.0648 e. The molecule has 1 rings (SSSR count). The highest BCUT2D eigenvalue weighted by atomic mass is 32.2. The van der Waals surface area contributed by atoms with E-state index in [0.717, 1.165) is 4.90 Å². The molecular weight excluding hydrogens is 192 g/mol. The van der Waals surface area contributed by atoms with Gasteiger partial charge in [-0.2, -0.15) is 0 Å². The molecular formula is C8H9S3. The molecule has 1 radical (unpaired) electrons. The molecule has 0 atom stereocenters. The predicted molar refractivity (Wildman–Crippen MR) is 55.9 cm³/mol. The summed E-state index contributed by atoms with van der Waals surface area (Å²) in [7, 11) is 0. The molecule has 0 spiro atoms. The number of hydrogen-bond donors (Lipinski definition) is 0. The normalized spacial score (nSPS) is 10.0. The first-order valence-electron chi connectivity index (χ1n) is 3.17. The lowest BCUT2D eigenvalue weighted by atomic mass is 10.4. The van der Waals surface area contributed by atoms with Gasteiger partial charge in [0.1, 0.15) is 0 Å². The van der Waals surface area contributed by atoms with Gasteiger partial charge in [-0.1, -0.05) is 18.7 Å². The van der Waals surface area contributed by atoms with E-state index in [1.165, 1.54) is 9.79 Å². The second-order valence-electron chi connectivity index (χ2n) is 1.99. The summed E-state index contributed by atoms with van der Waals surface area (Å²) < 4.78 is 0. The van der Waals surface area contributed by atoms with Crippen molar-refractivity contribution in [2.45, 2.75) is 14.7 Å². The van der Waals surface area contributed by atoms with Crippen molar-refractivity contribution < 1.29 is 0 Å². The number of thioether (sulfide) groups is 2. The summed E-state index contributed by atoms with van der Waals surface area (Å²) in [5.41, 5.74) is 0. The van der Waals surface area contributed by atoms with Crippen LogP contribution >= 0.6 is 36.2 Å². The Hall–Kier alpha value is 0.140. The van der Waals surface area contributed by atoms with Crippen LogP contribution < -0.4 is 0 Å². The summed E-state index contributed by atoms with van der Waals surface area (Å²) in [6, 6.07) is 6.17. The van der Waals surface area contributed by atoms with E-state index in [1.54, 1.807) is 23.5 Å². The topological polar surface area (TPSA) is 0 Å². The van der Waals surface area contributed by atoms with Crippen molar-refractivity contribution in [1.29, 1.82) is 0 Å². The van der Waals surface area contributed by atoms with E-state index < -0.39 is 0 Å². The Morgan fingerprint density at radius 3 is 1.91 bits per heavy atom. The Labute approximate surface area is 81.6 Å². The van der Waals surface area contributed by atoms with E-state index >= 15 is 0 Å². The Morgan fingerprint density at radius 1 is 1.09 bits per heavy atom. The van der Waals surface area contributed by atoms with Crippen molar-refractivity contribution in [3.05, 3.63) is 18.2 Å². The SMILES string of the molecule is CSc1cccc(SC)c1[S]. The van der Waals surface area contributed by atoms with Crippen LogP contribution in [0.5, 0.6) is 0 Å². The maximum atomic E-state index is 5.25. The molecule has 0 saturated heterocycles. The van der Waals surface area contributed by atoms with Crippen LogP contribution in [0.25, 0.3) is 0 Å². The van der Waals surface area contributed by atoms with Gasteiger partial charge in [-0.05, 0) is 24.6 Å². The average Bonchev–Trinajstić information content (AvgIpc) is 2.05. The molecule has 0 aliphatic heterocycles. The van der Waals surface area contributed by atoms with Crippen LogP contribution in [-0.2, 0) is 0 Å². The van der Waals surface area contributed by atoms with Crippen LogP contribution in [0.1, 0.15) is 0 Å². The minimum absolute atomic E-state index is 0.993. The molecule has 0 bridgehead atoms. The Morgan fingerprint density at radius 2 is 1.55 bits per heavy atom. The molecule has 0 heterocycles. The van der Waals surface area contributed by atoms with Gasteiger partial charge >= 0.3 is 0 Å². The fourth-order valence-corrected chi connectivity index (χ4v) is 2.54. The molecule has 0 unspecified atom stereocenters. The van der Waals surface area contributed by atoms with Gasteiger partial charge in [0.15, 0.2) is 0 Å². The lowest BCUT2D eigenvalue weighted by Gasteiger charge is -2.03. The molecule has 1 aromatic rings. The third-order valence-corrected chi connectivity index (χ3v) is 3.64. The van der Waals surface area contributed by atoms with Gasteiger partial charge < -0.3 is 0 Å². The molecule has 0 aliphatic rings. The standard InChI is InChI=1S/C8H9S3/c1-10-6-4-3-5-7(11-2)8(6)9/h3-5H,1-2H3. The van der Waals surface area contributed by atoms with Gasteiger partial charge in [0.05, 0.1) is 4.90 Å². The van der Waals surface area contributed by atoms with Crippen molar-refractivity contribution in [2.24, 2.45) is 0 Å². The smallest absolute Gasteiger partial charge is 0.0648 e. The molecule has 0 saturated carbocycles. The first-order chi connectivity index (χ1) is 5.29. The Kier molecular flexibility index (Phi) is 3.55. The zero-order chi connectivity index (χ0) is 8.27. The van der Waals surface area contributed by atoms with Gasteiger partial charge in [0.2, 0.25) is 0 Å². The summed E-state index contributed by atoms with van der Waals surface area (Å²) in [4.78, 5) is 3.39. The van der Waals surface area contributed by atoms with Gasteiger partial charge in [-0.3, -0.25) is 0 Å².